The first kappa shape index (κ1) is 38.7. The van der Waals surface area contributed by atoms with Crippen molar-refractivity contribution in [3.05, 3.63) is 36.0 Å². The lowest BCUT2D eigenvalue weighted by Crippen LogP contribution is -2.50. The van der Waals surface area contributed by atoms with Crippen molar-refractivity contribution in [3.8, 4) is 0 Å². The molecule has 0 spiro atoms. The molecule has 0 heterocycles. The first-order valence-corrected chi connectivity index (χ1v) is 21.2. The molecule has 0 amide bonds. The van der Waals surface area contributed by atoms with Crippen LogP contribution in [0.4, 0.5) is 0 Å². The summed E-state index contributed by atoms with van der Waals surface area (Å²) < 4.78 is 0. The largest absolute Gasteiger partial charge is 0.299 e. The second-order valence-electron chi connectivity index (χ2n) is 18.0. The third kappa shape index (κ3) is 10.5. The lowest BCUT2D eigenvalue weighted by atomic mass is 9.46. The highest BCUT2D eigenvalue weighted by atomic mass is 16.1. The zero-order valence-electron chi connectivity index (χ0n) is 32.3. The number of hydrogen-bond acceptors (Lipinski definition) is 1. The Bertz CT molecular complexity index is 1010. The summed E-state index contributed by atoms with van der Waals surface area (Å²) in [7, 11) is 0. The molecule has 4 aliphatic carbocycles. The van der Waals surface area contributed by atoms with Gasteiger partial charge in [-0.05, 0) is 136 Å². The molecule has 4 rings (SSSR count). The molecular formula is C46H78O. The molecule has 1 heteroatoms. The molecule has 8 atom stereocenters. The molecule has 3 fully saturated rings. The average molecular weight is 647 g/mol. The smallest absolute Gasteiger partial charge is 0.136 e. The number of unbranched alkanes of at least 4 members (excludes halogenated alkanes) is 9. The van der Waals surface area contributed by atoms with Crippen molar-refractivity contribution < 1.29 is 4.79 Å². The Balaban J connectivity index is 1.13. The first-order valence-electron chi connectivity index (χ1n) is 21.2. The summed E-state index contributed by atoms with van der Waals surface area (Å²) >= 11 is 0. The van der Waals surface area contributed by atoms with Crippen molar-refractivity contribution in [2.75, 3.05) is 0 Å². The van der Waals surface area contributed by atoms with Crippen LogP contribution in [0.15, 0.2) is 36.0 Å². The maximum absolute atomic E-state index is 13.4. The van der Waals surface area contributed by atoms with E-state index in [4.69, 9.17) is 0 Å². The Hall–Kier alpha value is -1.11. The summed E-state index contributed by atoms with van der Waals surface area (Å²) in [6.45, 7) is 15.0. The van der Waals surface area contributed by atoms with Gasteiger partial charge in [0.05, 0.1) is 0 Å². The van der Waals surface area contributed by atoms with E-state index in [2.05, 4.69) is 71.9 Å². The van der Waals surface area contributed by atoms with Gasteiger partial charge in [-0.3, -0.25) is 4.79 Å². The number of fused-ring (bicyclic) bond motifs is 5. The van der Waals surface area contributed by atoms with Crippen LogP contribution < -0.4 is 0 Å². The van der Waals surface area contributed by atoms with Crippen molar-refractivity contribution in [1.29, 1.82) is 0 Å². The fourth-order valence-corrected chi connectivity index (χ4v) is 11.5. The Labute approximate surface area is 293 Å². The maximum atomic E-state index is 13.4. The molecule has 0 aliphatic heterocycles. The van der Waals surface area contributed by atoms with Crippen molar-refractivity contribution in [3.63, 3.8) is 0 Å². The van der Waals surface area contributed by atoms with Gasteiger partial charge in [0.25, 0.3) is 0 Å². The summed E-state index contributed by atoms with van der Waals surface area (Å²) in [4.78, 5) is 13.4. The van der Waals surface area contributed by atoms with E-state index in [1.54, 1.807) is 5.57 Å². The fraction of sp³-hybridized carbons (Fsp3) is 0.848. The minimum absolute atomic E-state index is 0.306. The average Bonchev–Trinajstić information content (AvgIpc) is 3.41. The van der Waals surface area contributed by atoms with E-state index < -0.39 is 0 Å². The molecule has 3 saturated carbocycles. The fourth-order valence-electron chi connectivity index (χ4n) is 11.5. The molecule has 0 radical (unpaired) electrons. The molecular weight excluding hydrogens is 569 g/mol. The predicted octanol–water partition coefficient (Wildman–Crippen LogP) is 14.4. The summed E-state index contributed by atoms with van der Waals surface area (Å²) in [5, 5.41) is 0. The van der Waals surface area contributed by atoms with E-state index in [0.29, 0.717) is 22.5 Å². The van der Waals surface area contributed by atoms with Gasteiger partial charge in [-0.1, -0.05) is 135 Å². The Morgan fingerprint density at radius 3 is 2.21 bits per heavy atom. The van der Waals surface area contributed by atoms with E-state index in [1.165, 1.54) is 122 Å². The Morgan fingerprint density at radius 2 is 1.49 bits per heavy atom. The van der Waals surface area contributed by atoms with Crippen LogP contribution in [0.5, 0.6) is 0 Å². The van der Waals surface area contributed by atoms with Crippen LogP contribution >= 0.6 is 0 Å². The molecule has 4 aliphatic rings. The molecule has 1 nitrogen and oxygen atoms in total. The van der Waals surface area contributed by atoms with Crippen molar-refractivity contribution in [2.45, 2.75) is 196 Å². The summed E-state index contributed by atoms with van der Waals surface area (Å²) in [6, 6.07) is 0. The van der Waals surface area contributed by atoms with Gasteiger partial charge in [0, 0.05) is 12.3 Å². The Kier molecular flexibility index (Phi) is 15.9. The summed E-state index contributed by atoms with van der Waals surface area (Å²) in [5.74, 6) is 6.23. The molecule has 0 N–H and O–H groups in total. The molecule has 0 saturated heterocycles. The molecule has 3 unspecified atom stereocenters. The van der Waals surface area contributed by atoms with Gasteiger partial charge in [0.15, 0.2) is 0 Å². The minimum Gasteiger partial charge on any atom is -0.299 e. The van der Waals surface area contributed by atoms with Gasteiger partial charge in [0.2, 0.25) is 0 Å². The van der Waals surface area contributed by atoms with Gasteiger partial charge in [-0.2, -0.15) is 0 Å². The quantitative estimate of drug-likeness (QED) is 0.0896. The van der Waals surface area contributed by atoms with Gasteiger partial charge < -0.3 is 0 Å². The zero-order valence-corrected chi connectivity index (χ0v) is 32.3. The van der Waals surface area contributed by atoms with Crippen molar-refractivity contribution >= 4 is 5.78 Å². The second-order valence-corrected chi connectivity index (χ2v) is 18.0. The number of ketones is 1. The highest BCUT2D eigenvalue weighted by Crippen LogP contribution is 2.67. The molecule has 0 aromatic carbocycles. The van der Waals surface area contributed by atoms with Crippen LogP contribution in [0, 0.1) is 52.3 Å². The molecule has 0 bridgehead atoms. The Morgan fingerprint density at radius 1 is 0.787 bits per heavy atom. The highest BCUT2D eigenvalue weighted by molar-refractivity contribution is 5.81. The van der Waals surface area contributed by atoms with Crippen molar-refractivity contribution in [1.82, 2.24) is 0 Å². The highest BCUT2D eigenvalue weighted by Gasteiger charge is 2.59. The SMILES string of the molecule is CCCCC/C=C\C/C=C\CCCCCCCCC(=O)[C@H]1CC[C@@]2(C)C(=CCC3C2CC[C@@]2(C)C3CC[C@@H]2[C@H](C)CCCC(C)C)C1. The van der Waals surface area contributed by atoms with Crippen molar-refractivity contribution in [2.24, 2.45) is 52.3 Å². The summed E-state index contributed by atoms with van der Waals surface area (Å²) in [6.07, 6.45) is 43.0. The lowest BCUT2D eigenvalue weighted by Gasteiger charge is -2.58. The van der Waals surface area contributed by atoms with Gasteiger partial charge in [-0.25, -0.2) is 0 Å². The predicted molar refractivity (Wildman–Crippen MR) is 206 cm³/mol. The maximum Gasteiger partial charge on any atom is 0.136 e. The number of carbonyl (C=O) groups is 1. The number of allylic oxidation sites excluding steroid dienone is 6. The summed E-state index contributed by atoms with van der Waals surface area (Å²) in [5.41, 5.74) is 2.62. The third-order valence-corrected chi connectivity index (χ3v) is 14.4. The zero-order chi connectivity index (χ0) is 33.7. The number of hydrogen-bond donors (Lipinski definition) is 0. The third-order valence-electron chi connectivity index (χ3n) is 14.4. The number of carbonyl (C=O) groups excluding carboxylic acids is 1. The van der Waals surface area contributed by atoms with E-state index in [-0.39, 0.29) is 0 Å². The standard InChI is InChI=1S/C46H78O/c1-7-8-9-10-11-12-13-14-15-16-17-18-19-20-21-22-26-44(47)38-31-33-45(5)39(35-38)27-28-40-42-30-29-41(37(4)25-23-24-36(2)3)46(42,6)34-32-43(40)45/h11-12,14-15,27,36-38,40-43H,7-10,13,16-26,28-35H2,1-6H3/b12-11-,15-14-/t37-,38+,40?,41-,42?,43?,45+,46-/m1/s1. The van der Waals surface area contributed by atoms with Crippen LogP contribution in [0.25, 0.3) is 0 Å². The molecule has 0 aromatic heterocycles. The second kappa shape index (κ2) is 19.3. The van der Waals surface area contributed by atoms with Crippen LogP contribution in [0.3, 0.4) is 0 Å². The van der Waals surface area contributed by atoms with E-state index in [0.717, 1.165) is 67.6 Å². The monoisotopic (exact) mass is 647 g/mol. The van der Waals surface area contributed by atoms with E-state index in [9.17, 15) is 4.79 Å². The van der Waals surface area contributed by atoms with E-state index in [1.807, 2.05) is 0 Å². The van der Waals surface area contributed by atoms with Gasteiger partial charge >= 0.3 is 0 Å². The van der Waals surface area contributed by atoms with Crippen LogP contribution in [-0.4, -0.2) is 5.78 Å². The van der Waals surface area contributed by atoms with Crippen LogP contribution in [0.2, 0.25) is 0 Å². The first-order chi connectivity index (χ1) is 22.7. The number of Topliss-reactive ketones (excluding diaryl/α,β-unsaturated/α-hetero) is 1. The van der Waals surface area contributed by atoms with Crippen LogP contribution in [-0.2, 0) is 4.79 Å². The normalized spacial score (nSPS) is 32.8. The molecule has 0 aromatic rings. The van der Waals surface area contributed by atoms with Crippen LogP contribution in [0.1, 0.15) is 196 Å². The topological polar surface area (TPSA) is 17.1 Å². The molecule has 268 valence electrons. The van der Waals surface area contributed by atoms with Gasteiger partial charge in [0.1, 0.15) is 5.78 Å². The van der Waals surface area contributed by atoms with Gasteiger partial charge in [-0.15, -0.1) is 0 Å². The number of rotatable bonds is 21. The minimum atomic E-state index is 0.306. The van der Waals surface area contributed by atoms with E-state index >= 15 is 0 Å². The molecule has 47 heavy (non-hydrogen) atoms. The lowest BCUT2D eigenvalue weighted by molar-refractivity contribution is -0.124.